The van der Waals surface area contributed by atoms with E-state index >= 15 is 0 Å². The lowest BCUT2D eigenvalue weighted by molar-refractivity contribution is 0.0688. The smallest absolute Gasteiger partial charge is 0.267 e. The zero-order valence-electron chi connectivity index (χ0n) is 11.2. The van der Waals surface area contributed by atoms with Crippen molar-refractivity contribution in [2.45, 2.75) is 38.3 Å². The molecule has 1 aromatic rings. The molecule has 1 atom stereocenters. The van der Waals surface area contributed by atoms with E-state index < -0.39 is 0 Å². The lowest BCUT2D eigenvalue weighted by Crippen LogP contribution is -2.37. The number of hydrogen-bond donors (Lipinski definition) is 3. The van der Waals surface area contributed by atoms with Gasteiger partial charge in [-0.25, -0.2) is 4.98 Å². The number of anilines is 2. The highest BCUT2D eigenvalue weighted by atomic mass is 32.1. The number of aromatic nitrogens is 1. The van der Waals surface area contributed by atoms with E-state index in [0.717, 1.165) is 12.8 Å². The second kappa shape index (κ2) is 5.75. The van der Waals surface area contributed by atoms with Crippen molar-refractivity contribution in [3.8, 4) is 0 Å². The summed E-state index contributed by atoms with van der Waals surface area (Å²) in [7, 11) is 1.65. The van der Waals surface area contributed by atoms with E-state index in [2.05, 4.69) is 10.3 Å². The van der Waals surface area contributed by atoms with Crippen LogP contribution in [0, 0.1) is 0 Å². The zero-order valence-corrected chi connectivity index (χ0v) is 12.0. The molecular weight excluding hydrogens is 264 g/mol. The van der Waals surface area contributed by atoms with Crippen molar-refractivity contribution in [1.29, 1.82) is 0 Å². The molecule has 1 unspecified atom stereocenters. The van der Waals surface area contributed by atoms with Gasteiger partial charge in [0.05, 0.1) is 12.6 Å². The normalized spacial score (nSPS) is 16.8. The molecule has 1 heterocycles. The molecule has 1 amide bonds. The van der Waals surface area contributed by atoms with Crippen molar-refractivity contribution >= 4 is 28.2 Å². The van der Waals surface area contributed by atoms with Crippen LogP contribution in [0.1, 0.15) is 35.9 Å². The van der Waals surface area contributed by atoms with Crippen molar-refractivity contribution in [1.82, 2.24) is 9.88 Å². The summed E-state index contributed by atoms with van der Waals surface area (Å²) in [5.41, 5.74) is 5.81. The van der Waals surface area contributed by atoms with Gasteiger partial charge in [-0.05, 0) is 26.2 Å². The van der Waals surface area contributed by atoms with E-state index in [0.29, 0.717) is 16.1 Å². The Morgan fingerprint density at radius 2 is 2.37 bits per heavy atom. The third kappa shape index (κ3) is 2.98. The second-order valence-corrected chi connectivity index (χ2v) is 5.95. The molecule has 1 aromatic heterocycles. The van der Waals surface area contributed by atoms with Gasteiger partial charge in [-0.15, -0.1) is 0 Å². The number of hydrogen-bond acceptors (Lipinski definition) is 6. The molecule has 0 bridgehead atoms. The maximum Gasteiger partial charge on any atom is 0.267 e. The zero-order chi connectivity index (χ0) is 14.0. The summed E-state index contributed by atoms with van der Waals surface area (Å²) < 4.78 is 0. The number of rotatable bonds is 5. The SMILES string of the molecule is CC(CO)N(C)C(=O)c1sc(NC2CCC2)nc1N. The van der Waals surface area contributed by atoms with Crippen LogP contribution in [-0.2, 0) is 0 Å². The lowest BCUT2D eigenvalue weighted by Gasteiger charge is -2.25. The quantitative estimate of drug-likeness (QED) is 0.754. The van der Waals surface area contributed by atoms with Crippen LogP contribution in [-0.4, -0.2) is 46.6 Å². The minimum Gasteiger partial charge on any atom is -0.394 e. The Morgan fingerprint density at radius 3 is 2.89 bits per heavy atom. The Bertz CT molecular complexity index is 459. The summed E-state index contributed by atoms with van der Waals surface area (Å²) >= 11 is 1.28. The number of thiazole rings is 1. The first-order valence-corrected chi connectivity index (χ1v) is 7.25. The van der Waals surface area contributed by atoms with Gasteiger partial charge >= 0.3 is 0 Å². The van der Waals surface area contributed by atoms with Gasteiger partial charge in [0, 0.05) is 13.1 Å². The van der Waals surface area contributed by atoms with Crippen LogP contribution in [0.2, 0.25) is 0 Å². The molecule has 1 aliphatic carbocycles. The van der Waals surface area contributed by atoms with E-state index in [9.17, 15) is 4.79 Å². The van der Waals surface area contributed by atoms with Crippen molar-refractivity contribution in [3.05, 3.63) is 4.88 Å². The van der Waals surface area contributed by atoms with Crippen LogP contribution in [0.4, 0.5) is 10.9 Å². The largest absolute Gasteiger partial charge is 0.394 e. The average molecular weight is 284 g/mol. The highest BCUT2D eigenvalue weighted by Gasteiger charge is 2.24. The third-order valence-electron chi connectivity index (χ3n) is 3.53. The fourth-order valence-electron chi connectivity index (χ4n) is 1.76. The molecule has 4 N–H and O–H groups in total. The van der Waals surface area contributed by atoms with Crippen LogP contribution in [0.3, 0.4) is 0 Å². The van der Waals surface area contributed by atoms with E-state index in [1.54, 1.807) is 14.0 Å². The molecule has 0 spiro atoms. The summed E-state index contributed by atoms with van der Waals surface area (Å²) in [6, 6.07) is 0.222. The predicted molar refractivity (Wildman–Crippen MR) is 76.4 cm³/mol. The summed E-state index contributed by atoms with van der Waals surface area (Å²) in [6.07, 6.45) is 3.52. The summed E-state index contributed by atoms with van der Waals surface area (Å²) in [6.45, 7) is 1.71. The number of nitrogen functional groups attached to an aromatic ring is 1. The minimum atomic E-state index is -0.239. The van der Waals surface area contributed by atoms with E-state index in [1.807, 2.05) is 0 Å². The summed E-state index contributed by atoms with van der Waals surface area (Å²) in [5, 5.41) is 13.1. The fraction of sp³-hybridized carbons (Fsp3) is 0.667. The Balaban J connectivity index is 2.08. The molecule has 106 valence electrons. The van der Waals surface area contributed by atoms with Gasteiger partial charge in [-0.3, -0.25) is 4.79 Å². The lowest BCUT2D eigenvalue weighted by atomic mass is 9.93. The van der Waals surface area contributed by atoms with Gasteiger partial charge < -0.3 is 21.1 Å². The molecule has 19 heavy (non-hydrogen) atoms. The first-order chi connectivity index (χ1) is 9.02. The molecule has 1 saturated carbocycles. The first-order valence-electron chi connectivity index (χ1n) is 6.43. The molecule has 1 fully saturated rings. The molecule has 2 rings (SSSR count). The standard InChI is InChI=1S/C12H20N4O2S/c1-7(6-17)16(2)11(18)9-10(13)15-12(19-9)14-8-4-3-5-8/h7-8,17H,3-6,13H2,1-2H3,(H,14,15). The number of carbonyl (C=O) groups excluding carboxylic acids is 1. The number of nitrogens with one attached hydrogen (secondary N) is 1. The number of likely N-dealkylation sites (N-methyl/N-ethyl adjacent to an activating group) is 1. The average Bonchev–Trinajstić information content (AvgIpc) is 2.72. The monoisotopic (exact) mass is 284 g/mol. The fourth-order valence-corrected chi connectivity index (χ4v) is 2.70. The Morgan fingerprint density at radius 1 is 1.68 bits per heavy atom. The van der Waals surface area contributed by atoms with Gasteiger partial charge in [0.1, 0.15) is 10.7 Å². The molecule has 0 aromatic carbocycles. The maximum atomic E-state index is 12.2. The molecule has 0 saturated heterocycles. The predicted octanol–water partition coefficient (Wildman–Crippen LogP) is 1.14. The van der Waals surface area contributed by atoms with Crippen molar-refractivity contribution in [2.75, 3.05) is 24.7 Å². The number of nitrogens with zero attached hydrogens (tertiary/aromatic N) is 2. The Labute approximate surface area is 116 Å². The van der Waals surface area contributed by atoms with Crippen molar-refractivity contribution in [2.24, 2.45) is 0 Å². The third-order valence-corrected chi connectivity index (χ3v) is 4.52. The number of amides is 1. The van der Waals surface area contributed by atoms with E-state index in [-0.39, 0.29) is 24.4 Å². The van der Waals surface area contributed by atoms with E-state index in [4.69, 9.17) is 10.8 Å². The summed E-state index contributed by atoms with van der Waals surface area (Å²) in [4.78, 5) is 18.3. The maximum absolute atomic E-state index is 12.2. The van der Waals surface area contributed by atoms with Gasteiger partial charge in [0.15, 0.2) is 5.13 Å². The van der Waals surface area contributed by atoms with Crippen molar-refractivity contribution < 1.29 is 9.90 Å². The number of aliphatic hydroxyl groups excluding tert-OH is 1. The highest BCUT2D eigenvalue weighted by Crippen LogP contribution is 2.30. The Hall–Kier alpha value is -1.34. The second-order valence-electron chi connectivity index (χ2n) is 4.95. The van der Waals surface area contributed by atoms with Gasteiger partial charge in [0.25, 0.3) is 5.91 Å². The van der Waals surface area contributed by atoms with Crippen LogP contribution in [0.15, 0.2) is 0 Å². The summed E-state index contributed by atoms with van der Waals surface area (Å²) in [5.74, 6) is 0.0621. The molecule has 7 heteroatoms. The number of carbonyl (C=O) groups is 1. The first kappa shape index (κ1) is 14.1. The Kier molecular flexibility index (Phi) is 4.26. The van der Waals surface area contributed by atoms with Gasteiger partial charge in [-0.2, -0.15) is 0 Å². The molecular formula is C12H20N4O2S. The van der Waals surface area contributed by atoms with Crippen LogP contribution in [0.5, 0.6) is 0 Å². The topological polar surface area (TPSA) is 91.5 Å². The van der Waals surface area contributed by atoms with Crippen molar-refractivity contribution in [3.63, 3.8) is 0 Å². The molecule has 0 aliphatic heterocycles. The van der Waals surface area contributed by atoms with E-state index in [1.165, 1.54) is 22.7 Å². The molecule has 6 nitrogen and oxygen atoms in total. The van der Waals surface area contributed by atoms with Crippen LogP contribution >= 0.6 is 11.3 Å². The van der Waals surface area contributed by atoms with Gasteiger partial charge in [0.2, 0.25) is 0 Å². The van der Waals surface area contributed by atoms with Gasteiger partial charge in [-0.1, -0.05) is 11.3 Å². The minimum absolute atomic E-state index is 0.0753. The molecule has 0 radical (unpaired) electrons. The van der Waals surface area contributed by atoms with Crippen LogP contribution in [0.25, 0.3) is 0 Å². The highest BCUT2D eigenvalue weighted by molar-refractivity contribution is 7.18. The number of nitrogens with two attached hydrogens (primary N) is 1. The van der Waals surface area contributed by atoms with Crippen LogP contribution < -0.4 is 11.1 Å². The number of aliphatic hydroxyl groups is 1. The molecule has 1 aliphatic rings.